The fourth-order valence-corrected chi connectivity index (χ4v) is 8.40. The van der Waals surface area contributed by atoms with Gasteiger partial charge in [-0.2, -0.15) is 4.31 Å². The molecule has 1 unspecified atom stereocenters. The fourth-order valence-electron chi connectivity index (χ4n) is 6.18. The maximum Gasteiger partial charge on any atom is 0.322 e. The lowest BCUT2D eigenvalue weighted by atomic mass is 9.86. The molecule has 0 N–H and O–H groups in total. The minimum Gasteiger partial charge on any atom is -0.463 e. The third-order valence-corrected chi connectivity index (χ3v) is 10.4. The normalized spacial score (nSPS) is 28.3. The van der Waals surface area contributed by atoms with Gasteiger partial charge in [-0.25, -0.2) is 18.2 Å². The number of amidine groups is 1. The van der Waals surface area contributed by atoms with Gasteiger partial charge in [-0.3, -0.25) is 9.69 Å². The number of halogens is 1. The van der Waals surface area contributed by atoms with Crippen molar-refractivity contribution in [3.05, 3.63) is 26.8 Å². The number of nitrogens with zero attached hydrogens (tertiary/aromatic N) is 6. The van der Waals surface area contributed by atoms with Crippen LogP contribution in [0.5, 0.6) is 0 Å². The molecule has 1 atom stereocenters. The Kier molecular flexibility index (Phi) is 5.56. The Morgan fingerprint density at radius 3 is 2.61 bits per heavy atom. The van der Waals surface area contributed by atoms with Gasteiger partial charge in [-0.1, -0.05) is 11.6 Å². The van der Waals surface area contributed by atoms with Crippen LogP contribution >= 0.6 is 22.9 Å². The van der Waals surface area contributed by atoms with Crippen LogP contribution in [0.3, 0.4) is 0 Å². The second-order valence-corrected chi connectivity index (χ2v) is 13.5. The first kappa shape index (κ1) is 24.0. The predicted molar refractivity (Wildman–Crippen MR) is 135 cm³/mol. The molecular weight excluding hydrogens is 528 g/mol. The first-order valence-corrected chi connectivity index (χ1v) is 14.6. The summed E-state index contributed by atoms with van der Waals surface area (Å²) < 4.78 is 34.0. The summed E-state index contributed by atoms with van der Waals surface area (Å²) in [6, 6.07) is 3.91. The van der Waals surface area contributed by atoms with E-state index in [1.165, 1.54) is 21.7 Å². The summed E-state index contributed by atoms with van der Waals surface area (Å²) in [4.78, 5) is 39.3. The Bertz CT molecular complexity index is 1270. The average Bonchev–Trinajstić information content (AvgIpc) is 3.60. The molecule has 0 aliphatic carbocycles. The highest BCUT2D eigenvalue weighted by Crippen LogP contribution is 2.49. The first-order valence-electron chi connectivity index (χ1n) is 11.9. The standard InChI is InChI=1S/C22H27ClN6O5S2/c1-25-14-22-15-27(36(32,33)11-4-16-2-3-17(23)35-16)12-18(30)28(22)13-21(29(22)20(25)31)5-8-26(9-6-21)19-24-7-10-34-19/h2-4,11H,5-10,12-15H2,1H3. The van der Waals surface area contributed by atoms with E-state index in [0.29, 0.717) is 60.9 Å². The first-order chi connectivity index (χ1) is 17.1. The number of ether oxygens (including phenoxy) is 1. The Morgan fingerprint density at radius 2 is 1.94 bits per heavy atom. The molecule has 2 spiro atoms. The van der Waals surface area contributed by atoms with Gasteiger partial charge < -0.3 is 19.4 Å². The molecule has 0 saturated carbocycles. The average molecular weight is 555 g/mol. The molecule has 194 valence electrons. The van der Waals surface area contributed by atoms with Crippen molar-refractivity contribution in [2.45, 2.75) is 24.0 Å². The number of likely N-dealkylation sites (N-methyl/N-ethyl adjacent to an activating group) is 1. The van der Waals surface area contributed by atoms with Crippen LogP contribution in [-0.2, 0) is 19.6 Å². The Hall–Kier alpha value is -2.35. The van der Waals surface area contributed by atoms with E-state index in [0.717, 1.165) is 5.41 Å². The number of thiophene rings is 1. The van der Waals surface area contributed by atoms with E-state index < -0.39 is 21.2 Å². The van der Waals surface area contributed by atoms with E-state index in [9.17, 15) is 18.0 Å². The van der Waals surface area contributed by atoms with Crippen molar-refractivity contribution in [2.75, 3.05) is 59.5 Å². The van der Waals surface area contributed by atoms with Crippen molar-refractivity contribution in [2.24, 2.45) is 4.99 Å². The molecule has 5 aliphatic rings. The van der Waals surface area contributed by atoms with Crippen LogP contribution in [0.1, 0.15) is 17.7 Å². The molecule has 1 aromatic rings. The maximum absolute atomic E-state index is 13.5. The quantitative estimate of drug-likeness (QED) is 0.555. The third kappa shape index (κ3) is 3.62. The van der Waals surface area contributed by atoms with Crippen LogP contribution < -0.4 is 0 Å². The van der Waals surface area contributed by atoms with Gasteiger partial charge in [0.05, 0.1) is 36.1 Å². The number of piperazine rings is 1. The molecular formula is C22H27ClN6O5S2. The zero-order valence-electron chi connectivity index (χ0n) is 19.8. The number of piperidine rings is 1. The van der Waals surface area contributed by atoms with Crippen molar-refractivity contribution in [1.82, 2.24) is 23.9 Å². The number of hydrogen-bond acceptors (Lipinski definition) is 8. The van der Waals surface area contributed by atoms with Crippen LogP contribution in [0.25, 0.3) is 6.08 Å². The van der Waals surface area contributed by atoms with Crippen molar-refractivity contribution >= 4 is 57.0 Å². The van der Waals surface area contributed by atoms with Gasteiger partial charge >= 0.3 is 6.03 Å². The number of fused-ring (bicyclic) bond motifs is 1. The summed E-state index contributed by atoms with van der Waals surface area (Å²) in [6.07, 6.45) is 2.78. The summed E-state index contributed by atoms with van der Waals surface area (Å²) in [5.74, 6) is -0.284. The second-order valence-electron chi connectivity index (χ2n) is 9.92. The van der Waals surface area contributed by atoms with E-state index in [1.54, 1.807) is 29.0 Å². The van der Waals surface area contributed by atoms with Gasteiger partial charge in [0.1, 0.15) is 6.61 Å². The number of amides is 3. The Morgan fingerprint density at radius 1 is 1.17 bits per heavy atom. The van der Waals surface area contributed by atoms with Crippen molar-refractivity contribution < 1.29 is 22.7 Å². The SMILES string of the molecule is CN1CC23CN(S(=O)(=O)C=Cc4ccc(Cl)s4)CC(=O)N2CC2(CCN(C4=NCCO4)CC2)N3C1=O. The molecule has 14 heteroatoms. The molecule has 1 aromatic heterocycles. The van der Waals surface area contributed by atoms with Crippen molar-refractivity contribution in [3.8, 4) is 0 Å². The zero-order valence-corrected chi connectivity index (χ0v) is 22.2. The minimum atomic E-state index is -3.91. The topological polar surface area (TPSA) is 106 Å². The van der Waals surface area contributed by atoms with Gasteiger partial charge in [0, 0.05) is 37.0 Å². The van der Waals surface area contributed by atoms with Crippen LogP contribution in [0.4, 0.5) is 4.79 Å². The largest absolute Gasteiger partial charge is 0.463 e. The van der Waals surface area contributed by atoms with E-state index in [1.807, 2.05) is 4.90 Å². The fraction of sp³-hybridized carbons (Fsp3) is 0.591. The van der Waals surface area contributed by atoms with Crippen LogP contribution in [0.15, 0.2) is 22.5 Å². The minimum absolute atomic E-state index is 0.0357. The lowest BCUT2D eigenvalue weighted by molar-refractivity contribution is -0.143. The van der Waals surface area contributed by atoms with E-state index >= 15 is 0 Å². The molecule has 6 rings (SSSR count). The van der Waals surface area contributed by atoms with E-state index in [4.69, 9.17) is 16.3 Å². The molecule has 6 heterocycles. The number of aliphatic imine (C=N–C) groups is 1. The summed E-state index contributed by atoms with van der Waals surface area (Å²) in [7, 11) is -2.21. The van der Waals surface area contributed by atoms with Gasteiger partial charge in [0.15, 0.2) is 5.66 Å². The van der Waals surface area contributed by atoms with Crippen molar-refractivity contribution in [1.29, 1.82) is 0 Å². The van der Waals surface area contributed by atoms with Crippen LogP contribution in [0.2, 0.25) is 4.34 Å². The van der Waals surface area contributed by atoms with Crippen molar-refractivity contribution in [3.63, 3.8) is 0 Å². The number of carbonyl (C=O) groups is 2. The van der Waals surface area contributed by atoms with Gasteiger partial charge in [-0.05, 0) is 31.1 Å². The molecule has 5 aliphatic heterocycles. The predicted octanol–water partition coefficient (Wildman–Crippen LogP) is 1.14. The van der Waals surface area contributed by atoms with E-state index in [-0.39, 0.29) is 31.6 Å². The van der Waals surface area contributed by atoms with Crippen LogP contribution in [-0.4, -0.2) is 121 Å². The lowest BCUT2D eigenvalue weighted by Gasteiger charge is -2.47. The highest BCUT2D eigenvalue weighted by Gasteiger charge is 2.69. The molecule has 0 bridgehead atoms. The number of urea groups is 1. The molecule has 4 fully saturated rings. The number of carbonyl (C=O) groups excluding carboxylic acids is 2. The highest BCUT2D eigenvalue weighted by atomic mass is 35.5. The summed E-state index contributed by atoms with van der Waals surface area (Å²) >= 11 is 7.23. The highest BCUT2D eigenvalue weighted by molar-refractivity contribution is 7.92. The third-order valence-electron chi connectivity index (χ3n) is 7.79. The van der Waals surface area contributed by atoms with Crippen LogP contribution in [0, 0.1) is 0 Å². The maximum atomic E-state index is 13.5. The number of sulfonamides is 1. The molecule has 4 saturated heterocycles. The van der Waals surface area contributed by atoms with E-state index in [2.05, 4.69) is 9.89 Å². The second kappa shape index (κ2) is 8.33. The summed E-state index contributed by atoms with van der Waals surface area (Å²) in [5.41, 5.74) is -1.59. The lowest BCUT2D eigenvalue weighted by Crippen LogP contribution is -2.68. The molecule has 0 aromatic carbocycles. The Labute approximate surface area is 218 Å². The number of rotatable bonds is 3. The molecule has 3 amide bonds. The van der Waals surface area contributed by atoms with Gasteiger partial charge in [0.2, 0.25) is 15.9 Å². The Balaban J connectivity index is 1.29. The monoisotopic (exact) mass is 554 g/mol. The van der Waals surface area contributed by atoms with Gasteiger partial charge in [-0.15, -0.1) is 11.3 Å². The van der Waals surface area contributed by atoms with Gasteiger partial charge in [0.25, 0.3) is 6.02 Å². The zero-order chi connectivity index (χ0) is 25.3. The number of hydrogen-bond donors (Lipinski definition) is 0. The molecule has 11 nitrogen and oxygen atoms in total. The smallest absolute Gasteiger partial charge is 0.322 e. The molecule has 36 heavy (non-hydrogen) atoms. The summed E-state index contributed by atoms with van der Waals surface area (Å²) in [5, 5.41) is 1.12. The molecule has 0 radical (unpaired) electrons. The summed E-state index contributed by atoms with van der Waals surface area (Å²) in [6.45, 7) is 2.98. The number of likely N-dealkylation sites (tertiary alicyclic amines) is 1.